The van der Waals surface area contributed by atoms with Crippen molar-refractivity contribution in [2.24, 2.45) is 0 Å². The van der Waals surface area contributed by atoms with E-state index in [1.807, 2.05) is 0 Å². The summed E-state index contributed by atoms with van der Waals surface area (Å²) in [5.74, 6) is -2.06. The maximum absolute atomic E-state index is 11.1. The number of carboxylic acid groups (broad SMARTS) is 1. The van der Waals surface area contributed by atoms with Crippen LogP contribution in [0.5, 0.6) is 0 Å². The molecule has 1 rings (SSSR count). The first-order valence-corrected chi connectivity index (χ1v) is 4.63. The zero-order chi connectivity index (χ0) is 13.0. The molecule has 6 nitrogen and oxygen atoms in total. The molecule has 0 aliphatic rings. The molecule has 1 aromatic carbocycles. The number of nitro groups is 1. The predicted octanol–water partition coefficient (Wildman–Crippen LogP) is 1.65. The van der Waals surface area contributed by atoms with Crippen LogP contribution in [0.3, 0.4) is 0 Å². The van der Waals surface area contributed by atoms with Crippen molar-refractivity contribution in [2.75, 3.05) is 0 Å². The summed E-state index contributed by atoms with van der Waals surface area (Å²) in [5.41, 5.74) is -0.642. The first kappa shape index (κ1) is 12.6. The van der Waals surface area contributed by atoms with E-state index in [1.54, 1.807) is 0 Å². The van der Waals surface area contributed by atoms with E-state index in [2.05, 4.69) is 0 Å². The molecule has 88 valence electrons. The molecule has 0 atom stereocenters. The average molecular weight is 235 g/mol. The Kier molecular flexibility index (Phi) is 3.71. The van der Waals surface area contributed by atoms with Gasteiger partial charge in [0.15, 0.2) is 5.78 Å². The van der Waals surface area contributed by atoms with Crippen molar-refractivity contribution >= 4 is 23.5 Å². The van der Waals surface area contributed by atoms with Crippen LogP contribution in [-0.2, 0) is 9.59 Å². The van der Waals surface area contributed by atoms with Crippen LogP contribution in [0.4, 0.5) is 5.69 Å². The lowest BCUT2D eigenvalue weighted by Crippen LogP contribution is -2.08. The highest BCUT2D eigenvalue weighted by Crippen LogP contribution is 2.20. The molecule has 1 aromatic rings. The fourth-order valence-electron chi connectivity index (χ4n) is 1.25. The van der Waals surface area contributed by atoms with Crippen LogP contribution in [0.1, 0.15) is 12.5 Å². The third-order valence-corrected chi connectivity index (χ3v) is 2.04. The van der Waals surface area contributed by atoms with E-state index >= 15 is 0 Å². The average Bonchev–Trinajstić information content (AvgIpc) is 2.25. The number of benzene rings is 1. The van der Waals surface area contributed by atoms with E-state index in [4.69, 9.17) is 5.11 Å². The van der Waals surface area contributed by atoms with E-state index in [-0.39, 0.29) is 11.3 Å². The van der Waals surface area contributed by atoms with Crippen LogP contribution in [0, 0.1) is 10.1 Å². The minimum atomic E-state index is -1.41. The number of ketones is 1. The lowest BCUT2D eigenvalue weighted by Gasteiger charge is -1.99. The van der Waals surface area contributed by atoms with E-state index < -0.39 is 22.2 Å². The van der Waals surface area contributed by atoms with Crippen molar-refractivity contribution in [3.05, 3.63) is 45.5 Å². The van der Waals surface area contributed by atoms with E-state index in [0.717, 1.165) is 13.0 Å². The topological polar surface area (TPSA) is 97.5 Å². The van der Waals surface area contributed by atoms with Crippen LogP contribution in [0.2, 0.25) is 0 Å². The maximum Gasteiger partial charge on any atom is 0.339 e. The smallest absolute Gasteiger partial charge is 0.339 e. The largest absolute Gasteiger partial charge is 0.478 e. The van der Waals surface area contributed by atoms with Crippen LogP contribution < -0.4 is 0 Å². The van der Waals surface area contributed by atoms with E-state index in [1.165, 1.54) is 24.3 Å². The summed E-state index contributed by atoms with van der Waals surface area (Å²) in [6.45, 7) is 1.09. The van der Waals surface area contributed by atoms with Gasteiger partial charge in [-0.2, -0.15) is 0 Å². The molecule has 0 heterocycles. The van der Waals surface area contributed by atoms with Crippen molar-refractivity contribution < 1.29 is 19.6 Å². The van der Waals surface area contributed by atoms with E-state index in [9.17, 15) is 19.7 Å². The fraction of sp³-hybridized carbons (Fsp3) is 0.0909. The number of nitro benzene ring substituents is 1. The number of Topliss-reactive ketones (excluding diaryl/α,β-unsaturated/α-hetero) is 1. The Balaban J connectivity index is 3.34. The molecule has 0 radical (unpaired) electrons. The summed E-state index contributed by atoms with van der Waals surface area (Å²) in [6.07, 6.45) is 1.00. The molecule has 17 heavy (non-hydrogen) atoms. The number of nitrogens with zero attached hydrogens (tertiary/aromatic N) is 1. The monoisotopic (exact) mass is 235 g/mol. The summed E-state index contributed by atoms with van der Waals surface area (Å²) in [4.78, 5) is 31.9. The van der Waals surface area contributed by atoms with Gasteiger partial charge in [-0.1, -0.05) is 12.1 Å². The Bertz CT molecular complexity index is 502. The fourth-order valence-corrected chi connectivity index (χ4v) is 1.25. The number of carbonyl (C=O) groups excluding carboxylic acids is 1. The van der Waals surface area contributed by atoms with Gasteiger partial charge in [-0.3, -0.25) is 14.9 Å². The number of rotatable bonds is 4. The zero-order valence-electron chi connectivity index (χ0n) is 8.91. The molecule has 0 fully saturated rings. The van der Waals surface area contributed by atoms with Crippen LogP contribution in [0.25, 0.3) is 6.08 Å². The lowest BCUT2D eigenvalue weighted by atomic mass is 10.1. The summed E-state index contributed by atoms with van der Waals surface area (Å²) in [5, 5.41) is 19.5. The highest BCUT2D eigenvalue weighted by atomic mass is 16.6. The quantitative estimate of drug-likeness (QED) is 0.281. The number of aliphatic carboxylic acids is 1. The Morgan fingerprint density at radius 3 is 2.41 bits per heavy atom. The molecular weight excluding hydrogens is 226 g/mol. The Labute approximate surface area is 96.3 Å². The molecule has 6 heteroatoms. The number of carbonyl (C=O) groups is 2. The maximum atomic E-state index is 11.1. The van der Waals surface area contributed by atoms with Crippen LogP contribution >= 0.6 is 0 Å². The highest BCUT2D eigenvalue weighted by Gasteiger charge is 2.16. The molecular formula is C11H9NO5. The zero-order valence-corrected chi connectivity index (χ0v) is 8.91. The van der Waals surface area contributed by atoms with Gasteiger partial charge in [0, 0.05) is 6.07 Å². The number of carboxylic acids is 1. The Hall–Kier alpha value is -2.50. The van der Waals surface area contributed by atoms with Crippen molar-refractivity contribution in [3.63, 3.8) is 0 Å². The second-order valence-corrected chi connectivity index (χ2v) is 3.24. The van der Waals surface area contributed by atoms with Gasteiger partial charge in [0.25, 0.3) is 5.69 Å². The number of hydrogen-bond acceptors (Lipinski definition) is 4. The van der Waals surface area contributed by atoms with Crippen molar-refractivity contribution in [3.8, 4) is 0 Å². The molecule has 0 aliphatic heterocycles. The van der Waals surface area contributed by atoms with Gasteiger partial charge >= 0.3 is 5.97 Å². The minimum absolute atomic E-state index is 0.0881. The summed E-state index contributed by atoms with van der Waals surface area (Å²) >= 11 is 0. The molecule has 0 saturated carbocycles. The molecule has 1 N–H and O–H groups in total. The molecule has 0 amide bonds. The first-order chi connectivity index (χ1) is 7.93. The molecule has 0 spiro atoms. The van der Waals surface area contributed by atoms with Gasteiger partial charge in [-0.15, -0.1) is 0 Å². The van der Waals surface area contributed by atoms with Crippen molar-refractivity contribution in [1.82, 2.24) is 0 Å². The van der Waals surface area contributed by atoms with Gasteiger partial charge in [-0.05, 0) is 19.1 Å². The van der Waals surface area contributed by atoms with Gasteiger partial charge in [0.2, 0.25) is 0 Å². The van der Waals surface area contributed by atoms with Gasteiger partial charge < -0.3 is 5.11 Å². The number of para-hydroxylation sites is 1. The lowest BCUT2D eigenvalue weighted by molar-refractivity contribution is -0.385. The third-order valence-electron chi connectivity index (χ3n) is 2.04. The summed E-state index contributed by atoms with van der Waals surface area (Å²) < 4.78 is 0. The van der Waals surface area contributed by atoms with Crippen molar-refractivity contribution in [2.45, 2.75) is 6.92 Å². The Morgan fingerprint density at radius 1 is 1.35 bits per heavy atom. The van der Waals surface area contributed by atoms with Crippen molar-refractivity contribution in [1.29, 1.82) is 0 Å². The van der Waals surface area contributed by atoms with Crippen LogP contribution in [-0.4, -0.2) is 21.8 Å². The molecule has 0 aliphatic carbocycles. The van der Waals surface area contributed by atoms with E-state index in [0.29, 0.717) is 0 Å². The van der Waals surface area contributed by atoms with Gasteiger partial charge in [-0.25, -0.2) is 4.79 Å². The molecule has 0 bridgehead atoms. The van der Waals surface area contributed by atoms with Crippen LogP contribution in [0.15, 0.2) is 29.8 Å². The Morgan fingerprint density at radius 2 is 1.94 bits per heavy atom. The summed E-state index contributed by atoms with van der Waals surface area (Å²) in [7, 11) is 0. The molecule has 0 aromatic heterocycles. The standard InChI is InChI=1S/C11H9NO5/c1-7(13)9(11(14)15)6-8-4-2-3-5-10(8)12(16)17/h2-6H,1H3,(H,14,15)/b9-6+. The number of hydrogen-bond donors (Lipinski definition) is 1. The second-order valence-electron chi connectivity index (χ2n) is 3.24. The minimum Gasteiger partial charge on any atom is -0.478 e. The molecule has 0 saturated heterocycles. The first-order valence-electron chi connectivity index (χ1n) is 4.63. The highest BCUT2D eigenvalue weighted by molar-refractivity contribution is 6.19. The summed E-state index contributed by atoms with van der Waals surface area (Å²) in [6, 6.07) is 5.61. The predicted molar refractivity (Wildman–Crippen MR) is 59.4 cm³/mol. The van der Waals surface area contributed by atoms with Gasteiger partial charge in [0.05, 0.1) is 10.5 Å². The molecule has 0 unspecified atom stereocenters. The third kappa shape index (κ3) is 2.97. The SMILES string of the molecule is CC(=O)/C(=C\c1ccccc1[N+](=O)[O-])C(=O)O. The van der Waals surface area contributed by atoms with Gasteiger partial charge in [0.1, 0.15) is 5.57 Å². The normalized spacial score (nSPS) is 11.0. The second kappa shape index (κ2) is 5.02.